The average Bonchev–Trinajstić information content (AvgIpc) is 2.66. The first-order chi connectivity index (χ1) is 12.7. The number of phenolic OH excluding ortho intramolecular Hbond substituents is 1. The lowest BCUT2D eigenvalue weighted by molar-refractivity contribution is 0.206. The maximum atomic E-state index is 10.2. The summed E-state index contributed by atoms with van der Waals surface area (Å²) in [6.07, 6.45) is 3.82. The van der Waals surface area contributed by atoms with Crippen LogP contribution >= 0.6 is 11.6 Å². The Balaban J connectivity index is 1.53. The molecule has 0 radical (unpaired) electrons. The molecule has 1 aliphatic rings. The van der Waals surface area contributed by atoms with E-state index in [9.17, 15) is 5.11 Å². The Morgan fingerprint density at radius 3 is 2.62 bits per heavy atom. The highest BCUT2D eigenvalue weighted by atomic mass is 35.5. The highest BCUT2D eigenvalue weighted by Gasteiger charge is 2.18. The lowest BCUT2D eigenvalue weighted by atomic mass is 10.0. The van der Waals surface area contributed by atoms with Gasteiger partial charge in [-0.3, -0.25) is 9.89 Å². The van der Waals surface area contributed by atoms with Crippen LogP contribution in [0.2, 0.25) is 5.02 Å². The maximum Gasteiger partial charge on any atom is 0.166 e. The maximum absolute atomic E-state index is 10.2. The van der Waals surface area contributed by atoms with E-state index in [4.69, 9.17) is 16.3 Å². The molecule has 0 atom stereocenters. The number of likely N-dealkylation sites (tertiary alicyclic amines) is 1. The summed E-state index contributed by atoms with van der Waals surface area (Å²) in [5.74, 6) is 0.674. The molecule has 1 heterocycles. The van der Waals surface area contributed by atoms with Crippen molar-refractivity contribution in [2.75, 3.05) is 19.7 Å². The largest absolute Gasteiger partial charge is 0.504 e. The number of aliphatic imine (C=N–C) groups is 1. The van der Waals surface area contributed by atoms with Crippen LogP contribution < -0.4 is 4.74 Å². The van der Waals surface area contributed by atoms with Crippen LogP contribution in [-0.2, 0) is 6.54 Å². The number of phenols is 1. The first-order valence-electron chi connectivity index (χ1n) is 9.10. The lowest BCUT2D eigenvalue weighted by Crippen LogP contribution is -2.34. The number of piperidine rings is 1. The number of aromatic hydroxyl groups is 1. The number of rotatable bonds is 6. The van der Waals surface area contributed by atoms with E-state index >= 15 is 0 Å². The second-order valence-corrected chi connectivity index (χ2v) is 6.98. The molecule has 138 valence electrons. The van der Waals surface area contributed by atoms with Gasteiger partial charge < -0.3 is 9.84 Å². The number of hydrogen-bond acceptors (Lipinski definition) is 4. The van der Waals surface area contributed by atoms with Crippen molar-refractivity contribution in [3.05, 3.63) is 58.6 Å². The number of halogens is 1. The van der Waals surface area contributed by atoms with Gasteiger partial charge in [-0.2, -0.15) is 0 Å². The van der Waals surface area contributed by atoms with Crippen LogP contribution in [0.3, 0.4) is 0 Å². The molecular weight excluding hydrogens is 348 g/mol. The summed E-state index contributed by atoms with van der Waals surface area (Å²) in [6.45, 7) is 5.42. The van der Waals surface area contributed by atoms with Gasteiger partial charge in [-0.15, -0.1) is 0 Å². The van der Waals surface area contributed by atoms with E-state index in [0.717, 1.165) is 37.5 Å². The zero-order valence-corrected chi connectivity index (χ0v) is 15.8. The molecule has 0 aromatic heterocycles. The number of hydrogen-bond donors (Lipinski definition) is 1. The fourth-order valence-corrected chi connectivity index (χ4v) is 3.30. The predicted octanol–water partition coefficient (Wildman–Crippen LogP) is 4.53. The molecule has 2 aromatic rings. The monoisotopic (exact) mass is 372 g/mol. The van der Waals surface area contributed by atoms with Gasteiger partial charge in [0.25, 0.3) is 0 Å². The quantitative estimate of drug-likeness (QED) is 0.758. The normalized spacial score (nSPS) is 16.2. The van der Waals surface area contributed by atoms with Gasteiger partial charge in [0, 0.05) is 36.4 Å². The molecule has 4 nitrogen and oxygen atoms in total. The fourth-order valence-electron chi connectivity index (χ4n) is 3.18. The van der Waals surface area contributed by atoms with E-state index in [1.807, 2.05) is 31.2 Å². The van der Waals surface area contributed by atoms with Crippen LogP contribution in [0, 0.1) is 0 Å². The zero-order valence-electron chi connectivity index (χ0n) is 15.1. The Hall–Kier alpha value is -2.04. The van der Waals surface area contributed by atoms with E-state index in [1.54, 1.807) is 12.3 Å². The van der Waals surface area contributed by atoms with Crippen molar-refractivity contribution in [2.45, 2.75) is 32.4 Å². The van der Waals surface area contributed by atoms with E-state index in [2.05, 4.69) is 22.0 Å². The van der Waals surface area contributed by atoms with Crippen LogP contribution in [0.15, 0.2) is 47.5 Å². The molecule has 0 unspecified atom stereocenters. The Bertz CT molecular complexity index is 738. The topological polar surface area (TPSA) is 45.1 Å². The third kappa shape index (κ3) is 4.99. The molecule has 0 bridgehead atoms. The van der Waals surface area contributed by atoms with Crippen molar-refractivity contribution in [3.8, 4) is 11.5 Å². The standard InChI is InChI=1S/C21H25ClN2O2/c1-2-26-20-5-3-4-17(21(20)25)14-23-19-10-12-24(13-11-19)15-16-6-8-18(22)9-7-16/h3-9,14,19,25H,2,10-13,15H2,1H3. The molecule has 3 rings (SSSR count). The SMILES string of the molecule is CCOc1cccc(C=NC2CCN(Cc3ccc(Cl)cc3)CC2)c1O. The summed E-state index contributed by atoms with van der Waals surface area (Å²) in [6, 6.07) is 13.9. The van der Waals surface area contributed by atoms with Crippen molar-refractivity contribution >= 4 is 17.8 Å². The van der Waals surface area contributed by atoms with Gasteiger partial charge in [-0.25, -0.2) is 0 Å². The van der Waals surface area contributed by atoms with Crippen molar-refractivity contribution in [3.63, 3.8) is 0 Å². The van der Waals surface area contributed by atoms with Crippen molar-refractivity contribution in [1.82, 2.24) is 4.90 Å². The molecule has 1 saturated heterocycles. The molecule has 26 heavy (non-hydrogen) atoms. The Kier molecular flexibility index (Phi) is 6.53. The van der Waals surface area contributed by atoms with Gasteiger partial charge in [0.2, 0.25) is 0 Å². The molecule has 5 heteroatoms. The summed E-state index contributed by atoms with van der Waals surface area (Å²) < 4.78 is 5.42. The summed E-state index contributed by atoms with van der Waals surface area (Å²) in [4.78, 5) is 7.13. The first-order valence-corrected chi connectivity index (χ1v) is 9.48. The average molecular weight is 373 g/mol. The third-order valence-electron chi connectivity index (χ3n) is 4.63. The molecule has 0 spiro atoms. The van der Waals surface area contributed by atoms with Gasteiger partial charge >= 0.3 is 0 Å². The molecule has 0 saturated carbocycles. The summed E-state index contributed by atoms with van der Waals surface area (Å²) in [5, 5.41) is 11.0. The van der Waals surface area contributed by atoms with Crippen LogP contribution in [0.1, 0.15) is 30.9 Å². The Labute approximate surface area is 160 Å². The Morgan fingerprint density at radius 2 is 1.92 bits per heavy atom. The third-order valence-corrected chi connectivity index (χ3v) is 4.88. The molecule has 1 fully saturated rings. The second-order valence-electron chi connectivity index (χ2n) is 6.54. The summed E-state index contributed by atoms with van der Waals surface area (Å²) in [7, 11) is 0. The van der Waals surface area contributed by atoms with Gasteiger partial charge in [-0.05, 0) is 49.6 Å². The van der Waals surface area contributed by atoms with E-state index in [0.29, 0.717) is 24.0 Å². The predicted molar refractivity (Wildman–Crippen MR) is 107 cm³/mol. The number of para-hydroxylation sites is 1. The van der Waals surface area contributed by atoms with Crippen molar-refractivity contribution in [1.29, 1.82) is 0 Å². The van der Waals surface area contributed by atoms with Crippen molar-refractivity contribution < 1.29 is 9.84 Å². The molecule has 0 amide bonds. The minimum Gasteiger partial charge on any atom is -0.504 e. The number of ether oxygens (including phenoxy) is 1. The molecular formula is C21H25ClN2O2. The van der Waals surface area contributed by atoms with Gasteiger partial charge in [0.05, 0.1) is 12.6 Å². The number of nitrogens with zero attached hydrogens (tertiary/aromatic N) is 2. The van der Waals surface area contributed by atoms with Crippen molar-refractivity contribution in [2.24, 2.45) is 4.99 Å². The van der Waals surface area contributed by atoms with Gasteiger partial charge in [0.15, 0.2) is 11.5 Å². The molecule has 2 aromatic carbocycles. The molecule has 0 aliphatic carbocycles. The van der Waals surface area contributed by atoms with Gasteiger partial charge in [-0.1, -0.05) is 29.8 Å². The fraction of sp³-hybridized carbons (Fsp3) is 0.381. The summed E-state index contributed by atoms with van der Waals surface area (Å²) in [5.41, 5.74) is 1.99. The minimum atomic E-state index is 0.165. The lowest BCUT2D eigenvalue weighted by Gasteiger charge is -2.30. The van der Waals surface area contributed by atoms with Crippen LogP contribution in [0.4, 0.5) is 0 Å². The highest BCUT2D eigenvalue weighted by molar-refractivity contribution is 6.30. The van der Waals surface area contributed by atoms with Crippen LogP contribution in [0.5, 0.6) is 11.5 Å². The van der Waals surface area contributed by atoms with Crippen LogP contribution in [0.25, 0.3) is 0 Å². The molecule has 1 N–H and O–H groups in total. The highest BCUT2D eigenvalue weighted by Crippen LogP contribution is 2.29. The first kappa shape index (κ1) is 18.7. The zero-order chi connectivity index (χ0) is 18.4. The minimum absolute atomic E-state index is 0.165. The van der Waals surface area contributed by atoms with Crippen LogP contribution in [-0.4, -0.2) is 42.0 Å². The Morgan fingerprint density at radius 1 is 1.19 bits per heavy atom. The van der Waals surface area contributed by atoms with Gasteiger partial charge in [0.1, 0.15) is 0 Å². The second kappa shape index (κ2) is 9.06. The van der Waals surface area contributed by atoms with E-state index in [-0.39, 0.29) is 5.75 Å². The van der Waals surface area contributed by atoms with E-state index < -0.39 is 0 Å². The smallest absolute Gasteiger partial charge is 0.166 e. The molecule has 1 aliphatic heterocycles. The number of benzene rings is 2. The van der Waals surface area contributed by atoms with E-state index in [1.165, 1.54) is 5.56 Å². The summed E-state index contributed by atoms with van der Waals surface area (Å²) >= 11 is 5.94.